The molecular formula is C13H11FOP. The SMILES string of the molecule is Cc1ccc([P](=O)c2ccc(F)cc2)cc1. The maximum Gasteiger partial charge on any atom is 0.136 e. The minimum atomic E-state index is -1.61. The highest BCUT2D eigenvalue weighted by Crippen LogP contribution is 2.19. The lowest BCUT2D eigenvalue weighted by Gasteiger charge is -2.01. The highest BCUT2D eigenvalue weighted by molar-refractivity contribution is 7.61. The van der Waals surface area contributed by atoms with Crippen LogP contribution in [0.1, 0.15) is 5.56 Å². The molecule has 0 amide bonds. The zero-order valence-electron chi connectivity index (χ0n) is 8.85. The van der Waals surface area contributed by atoms with Crippen molar-refractivity contribution < 1.29 is 8.96 Å². The Morgan fingerprint density at radius 3 is 1.81 bits per heavy atom. The molecule has 3 heteroatoms. The summed E-state index contributed by atoms with van der Waals surface area (Å²) in [6.07, 6.45) is 0. The fourth-order valence-electron chi connectivity index (χ4n) is 1.41. The molecule has 0 fully saturated rings. The summed E-state index contributed by atoms with van der Waals surface area (Å²) in [5, 5.41) is 1.42. The average molecular weight is 233 g/mol. The quantitative estimate of drug-likeness (QED) is 0.729. The van der Waals surface area contributed by atoms with Crippen LogP contribution in [-0.2, 0) is 4.57 Å². The van der Waals surface area contributed by atoms with Gasteiger partial charge in [-0.25, -0.2) is 4.39 Å². The first-order chi connectivity index (χ1) is 7.66. The van der Waals surface area contributed by atoms with E-state index in [1.54, 1.807) is 12.1 Å². The van der Waals surface area contributed by atoms with Crippen molar-refractivity contribution in [2.24, 2.45) is 0 Å². The van der Waals surface area contributed by atoms with Crippen molar-refractivity contribution in [3.63, 3.8) is 0 Å². The van der Waals surface area contributed by atoms with Crippen LogP contribution in [0.2, 0.25) is 0 Å². The van der Waals surface area contributed by atoms with Crippen LogP contribution in [0.15, 0.2) is 48.5 Å². The number of benzene rings is 2. The lowest BCUT2D eigenvalue weighted by molar-refractivity contribution is 0.598. The lowest BCUT2D eigenvalue weighted by atomic mass is 10.2. The smallest absolute Gasteiger partial charge is 0.136 e. The standard InChI is InChI=1S/C13H11FOP/c1-10-2-6-12(7-3-10)16(15)13-8-4-11(14)5-9-13/h2-9H,1H3. The van der Waals surface area contributed by atoms with Crippen molar-refractivity contribution in [2.45, 2.75) is 6.92 Å². The van der Waals surface area contributed by atoms with Gasteiger partial charge in [0.05, 0.1) is 0 Å². The average Bonchev–Trinajstić information content (AvgIpc) is 2.30. The Labute approximate surface area is 94.7 Å². The summed E-state index contributed by atoms with van der Waals surface area (Å²) in [7, 11) is -1.61. The fourth-order valence-corrected chi connectivity index (χ4v) is 2.54. The Balaban J connectivity index is 2.32. The monoisotopic (exact) mass is 233 g/mol. The molecule has 1 unspecified atom stereocenters. The van der Waals surface area contributed by atoms with E-state index >= 15 is 0 Å². The van der Waals surface area contributed by atoms with Gasteiger partial charge in [0.15, 0.2) is 0 Å². The second kappa shape index (κ2) is 4.54. The summed E-state index contributed by atoms with van der Waals surface area (Å²) in [6.45, 7) is 1.98. The first kappa shape index (κ1) is 11.0. The number of hydrogen-bond donors (Lipinski definition) is 0. The molecule has 2 aromatic carbocycles. The molecule has 0 bridgehead atoms. The third kappa shape index (κ3) is 2.34. The van der Waals surface area contributed by atoms with Crippen LogP contribution >= 0.6 is 7.80 Å². The van der Waals surface area contributed by atoms with Crippen LogP contribution in [0.5, 0.6) is 0 Å². The van der Waals surface area contributed by atoms with Gasteiger partial charge < -0.3 is 0 Å². The second-order valence-electron chi connectivity index (χ2n) is 3.61. The molecule has 1 atom stereocenters. The van der Waals surface area contributed by atoms with Crippen molar-refractivity contribution in [3.8, 4) is 0 Å². The summed E-state index contributed by atoms with van der Waals surface area (Å²) in [6, 6.07) is 13.3. The van der Waals surface area contributed by atoms with E-state index in [2.05, 4.69) is 0 Å². The first-order valence-electron chi connectivity index (χ1n) is 4.96. The van der Waals surface area contributed by atoms with Gasteiger partial charge in [-0.1, -0.05) is 17.7 Å². The molecule has 81 valence electrons. The number of rotatable bonds is 2. The summed E-state index contributed by atoms with van der Waals surface area (Å²) in [4.78, 5) is 0. The van der Waals surface area contributed by atoms with Gasteiger partial charge >= 0.3 is 0 Å². The molecule has 0 aromatic heterocycles. The molecule has 0 heterocycles. The van der Waals surface area contributed by atoms with Gasteiger partial charge in [-0.05, 0) is 43.3 Å². The van der Waals surface area contributed by atoms with E-state index in [9.17, 15) is 8.96 Å². The molecule has 0 saturated heterocycles. The summed E-state index contributed by atoms with van der Waals surface area (Å²) in [5.74, 6) is -0.309. The Hall–Kier alpha value is -1.53. The second-order valence-corrected chi connectivity index (χ2v) is 5.23. The van der Waals surface area contributed by atoms with Gasteiger partial charge in [-0.15, -0.1) is 0 Å². The Bertz CT molecular complexity index is 455. The lowest BCUT2D eigenvalue weighted by Crippen LogP contribution is -2.06. The molecule has 0 aliphatic rings. The molecule has 0 N–H and O–H groups in total. The van der Waals surface area contributed by atoms with Gasteiger partial charge in [0, 0.05) is 10.6 Å². The highest BCUT2D eigenvalue weighted by atomic mass is 31.1. The van der Waals surface area contributed by atoms with Crippen LogP contribution in [0.25, 0.3) is 0 Å². The Kier molecular flexibility index (Phi) is 3.12. The molecule has 0 saturated carbocycles. The molecule has 1 nitrogen and oxygen atoms in total. The van der Waals surface area contributed by atoms with Gasteiger partial charge in [0.1, 0.15) is 13.6 Å². The fraction of sp³-hybridized carbons (Fsp3) is 0.0769. The molecule has 2 aromatic rings. The minimum Gasteiger partial charge on any atom is -0.277 e. The van der Waals surface area contributed by atoms with Crippen LogP contribution in [0, 0.1) is 12.7 Å². The normalized spacial score (nSPS) is 11.2. The number of aryl methyl sites for hydroxylation is 1. The molecule has 0 aliphatic heterocycles. The van der Waals surface area contributed by atoms with E-state index in [0.717, 1.165) is 10.9 Å². The van der Waals surface area contributed by atoms with E-state index in [0.29, 0.717) is 5.30 Å². The number of halogens is 1. The number of hydrogen-bond acceptors (Lipinski definition) is 1. The van der Waals surface area contributed by atoms with E-state index < -0.39 is 7.80 Å². The summed E-state index contributed by atoms with van der Waals surface area (Å²) >= 11 is 0. The highest BCUT2D eigenvalue weighted by Gasteiger charge is 2.07. The van der Waals surface area contributed by atoms with Crippen LogP contribution in [0.3, 0.4) is 0 Å². The van der Waals surface area contributed by atoms with Gasteiger partial charge in [0.2, 0.25) is 0 Å². The maximum absolute atomic E-state index is 12.7. The van der Waals surface area contributed by atoms with Gasteiger partial charge in [-0.2, -0.15) is 0 Å². The van der Waals surface area contributed by atoms with Crippen molar-refractivity contribution in [2.75, 3.05) is 0 Å². The molecule has 2 rings (SSSR count). The van der Waals surface area contributed by atoms with Crippen LogP contribution < -0.4 is 10.6 Å². The van der Waals surface area contributed by atoms with Gasteiger partial charge in [-0.3, -0.25) is 4.57 Å². The van der Waals surface area contributed by atoms with Crippen molar-refractivity contribution in [3.05, 3.63) is 59.9 Å². The summed E-state index contributed by atoms with van der Waals surface area (Å²) < 4.78 is 24.8. The van der Waals surface area contributed by atoms with Crippen molar-refractivity contribution in [1.29, 1.82) is 0 Å². The zero-order chi connectivity index (χ0) is 11.5. The van der Waals surface area contributed by atoms with Gasteiger partial charge in [0.25, 0.3) is 0 Å². The van der Waals surface area contributed by atoms with E-state index in [1.807, 2.05) is 31.2 Å². The topological polar surface area (TPSA) is 17.1 Å². The molecule has 0 aliphatic carbocycles. The summed E-state index contributed by atoms with van der Waals surface area (Å²) in [5.41, 5.74) is 1.13. The molecule has 0 spiro atoms. The molecular weight excluding hydrogens is 222 g/mol. The Morgan fingerprint density at radius 2 is 1.31 bits per heavy atom. The minimum absolute atomic E-state index is 0.309. The van der Waals surface area contributed by atoms with E-state index in [1.165, 1.54) is 12.1 Å². The largest absolute Gasteiger partial charge is 0.277 e. The third-order valence-corrected chi connectivity index (χ3v) is 3.86. The van der Waals surface area contributed by atoms with E-state index in [-0.39, 0.29) is 5.82 Å². The van der Waals surface area contributed by atoms with E-state index in [4.69, 9.17) is 0 Å². The third-order valence-electron chi connectivity index (χ3n) is 2.33. The maximum atomic E-state index is 12.7. The first-order valence-corrected chi connectivity index (χ1v) is 6.22. The predicted molar refractivity (Wildman–Crippen MR) is 64.5 cm³/mol. The predicted octanol–water partition coefficient (Wildman–Crippen LogP) is 2.91. The van der Waals surface area contributed by atoms with Crippen LogP contribution in [-0.4, -0.2) is 0 Å². The van der Waals surface area contributed by atoms with Crippen LogP contribution in [0.4, 0.5) is 4.39 Å². The molecule has 16 heavy (non-hydrogen) atoms. The van der Waals surface area contributed by atoms with Crippen molar-refractivity contribution >= 4 is 18.4 Å². The zero-order valence-corrected chi connectivity index (χ0v) is 9.75. The Morgan fingerprint density at radius 1 is 0.875 bits per heavy atom. The molecule has 1 radical (unpaired) electrons. The van der Waals surface area contributed by atoms with Crippen molar-refractivity contribution in [1.82, 2.24) is 0 Å².